The maximum absolute atomic E-state index is 12.6. The zero-order valence-corrected chi connectivity index (χ0v) is 19.6. The Morgan fingerprint density at radius 1 is 1.42 bits per heavy atom. The number of amides is 1. The van der Waals surface area contributed by atoms with Crippen LogP contribution in [0.25, 0.3) is 16.9 Å². The zero-order chi connectivity index (χ0) is 21.8. The first-order chi connectivity index (χ1) is 15.1. The van der Waals surface area contributed by atoms with Crippen LogP contribution >= 0.6 is 22.6 Å². The molecule has 1 unspecified atom stereocenters. The van der Waals surface area contributed by atoms with Crippen LogP contribution in [0.1, 0.15) is 12.8 Å². The Labute approximate surface area is 195 Å². The van der Waals surface area contributed by atoms with Gasteiger partial charge in [0.05, 0.1) is 22.8 Å². The van der Waals surface area contributed by atoms with Crippen LogP contribution in [0.2, 0.25) is 0 Å². The minimum absolute atomic E-state index is 0.00398. The number of para-hydroxylation sites is 1. The van der Waals surface area contributed by atoms with Crippen molar-refractivity contribution in [1.82, 2.24) is 19.5 Å². The van der Waals surface area contributed by atoms with Gasteiger partial charge in [0.1, 0.15) is 19.4 Å². The molecule has 162 valence electrons. The van der Waals surface area contributed by atoms with Crippen LogP contribution in [-0.2, 0) is 9.53 Å². The summed E-state index contributed by atoms with van der Waals surface area (Å²) in [5.41, 5.74) is 3.06. The van der Waals surface area contributed by atoms with Gasteiger partial charge < -0.3 is 20.1 Å². The van der Waals surface area contributed by atoms with E-state index in [2.05, 4.69) is 33.0 Å². The highest BCUT2D eigenvalue weighted by molar-refractivity contribution is 14.1. The molecule has 8 nitrogen and oxygen atoms in total. The van der Waals surface area contributed by atoms with Gasteiger partial charge in [-0.05, 0) is 30.4 Å². The SMILES string of the molecule is Bc1cnn2c(NCCCN(CI)C(=O)C3CCOC3)cc(-c3ccccc3O)nc12. The highest BCUT2D eigenvalue weighted by Gasteiger charge is 2.27. The van der Waals surface area contributed by atoms with Gasteiger partial charge >= 0.3 is 0 Å². The second-order valence-electron chi connectivity index (χ2n) is 7.67. The van der Waals surface area contributed by atoms with Gasteiger partial charge in [-0.25, -0.2) is 4.98 Å². The van der Waals surface area contributed by atoms with Crippen LogP contribution in [0.5, 0.6) is 5.75 Å². The van der Waals surface area contributed by atoms with E-state index >= 15 is 0 Å². The minimum atomic E-state index is -0.00398. The van der Waals surface area contributed by atoms with Crippen molar-refractivity contribution in [2.75, 3.05) is 36.2 Å². The summed E-state index contributed by atoms with van der Waals surface area (Å²) < 4.78 is 7.80. The smallest absolute Gasteiger partial charge is 0.228 e. The molecule has 31 heavy (non-hydrogen) atoms. The van der Waals surface area contributed by atoms with Crippen LogP contribution < -0.4 is 10.8 Å². The zero-order valence-electron chi connectivity index (χ0n) is 17.4. The number of phenolic OH excluding ortho intramolecular Hbond substituents is 1. The summed E-state index contributed by atoms with van der Waals surface area (Å²) >= 11 is 2.24. The molecule has 2 aromatic heterocycles. The third-order valence-electron chi connectivity index (χ3n) is 5.47. The molecule has 4 rings (SSSR count). The van der Waals surface area contributed by atoms with E-state index in [-0.39, 0.29) is 17.6 Å². The lowest BCUT2D eigenvalue weighted by Crippen LogP contribution is -2.36. The molecule has 10 heteroatoms. The lowest BCUT2D eigenvalue weighted by molar-refractivity contribution is -0.134. The quantitative estimate of drug-likeness (QED) is 0.150. The van der Waals surface area contributed by atoms with E-state index in [0.29, 0.717) is 42.1 Å². The first-order valence-electron chi connectivity index (χ1n) is 10.4. The molecule has 1 atom stereocenters. The number of alkyl halides is 1. The molecule has 0 aliphatic carbocycles. The molecule has 3 aromatic rings. The highest BCUT2D eigenvalue weighted by Crippen LogP contribution is 2.29. The fourth-order valence-corrected chi connectivity index (χ4v) is 4.41. The van der Waals surface area contributed by atoms with Gasteiger partial charge in [-0.1, -0.05) is 34.7 Å². The lowest BCUT2D eigenvalue weighted by atomic mass is 10.0. The van der Waals surface area contributed by atoms with Crippen LogP contribution in [0.15, 0.2) is 36.5 Å². The van der Waals surface area contributed by atoms with Crippen LogP contribution in [-0.4, -0.2) is 69.2 Å². The maximum atomic E-state index is 12.6. The van der Waals surface area contributed by atoms with Crippen molar-refractivity contribution < 1.29 is 14.6 Å². The van der Waals surface area contributed by atoms with Crippen molar-refractivity contribution in [2.45, 2.75) is 12.8 Å². The summed E-state index contributed by atoms with van der Waals surface area (Å²) in [5, 5.41) is 18.1. The monoisotopic (exact) mass is 533 g/mol. The number of hydrogen-bond acceptors (Lipinski definition) is 6. The number of carbonyl (C=O) groups excluding carboxylic acids is 1. The lowest BCUT2D eigenvalue weighted by Gasteiger charge is -2.23. The molecule has 1 aromatic carbocycles. The van der Waals surface area contributed by atoms with E-state index in [1.807, 2.05) is 30.9 Å². The molecular formula is C21H25BIN5O3. The number of nitrogens with one attached hydrogen (secondary N) is 1. The standard InChI is InChI=1S/C21H25BIN5O3/c22-16-11-25-28-19(10-17(26-20(16)28)15-4-1-2-5-18(15)29)24-7-3-8-27(13-23)21(30)14-6-9-31-12-14/h1-2,4-5,10-11,14,24,29H,3,6-9,12-13,22H2. The molecule has 0 saturated carbocycles. The summed E-state index contributed by atoms with van der Waals surface area (Å²) in [6.45, 7) is 2.57. The Morgan fingerprint density at radius 2 is 2.26 bits per heavy atom. The number of fused-ring (bicyclic) bond motifs is 1. The third kappa shape index (κ3) is 4.79. The number of hydrogen-bond donors (Lipinski definition) is 2. The van der Waals surface area contributed by atoms with Crippen molar-refractivity contribution in [1.29, 1.82) is 0 Å². The van der Waals surface area contributed by atoms with E-state index in [4.69, 9.17) is 9.72 Å². The van der Waals surface area contributed by atoms with Crippen molar-refractivity contribution in [3.05, 3.63) is 36.5 Å². The Morgan fingerprint density at radius 3 is 3.00 bits per heavy atom. The van der Waals surface area contributed by atoms with E-state index in [0.717, 1.165) is 29.8 Å². The molecular weight excluding hydrogens is 508 g/mol. The predicted octanol–water partition coefficient (Wildman–Crippen LogP) is 1.42. The first kappa shape index (κ1) is 21.9. The molecule has 1 aliphatic heterocycles. The van der Waals surface area contributed by atoms with Crippen molar-refractivity contribution >= 4 is 53.3 Å². The largest absolute Gasteiger partial charge is 0.507 e. The van der Waals surface area contributed by atoms with Crippen molar-refractivity contribution in [3.8, 4) is 17.0 Å². The van der Waals surface area contributed by atoms with E-state index in [1.165, 1.54) is 0 Å². The minimum Gasteiger partial charge on any atom is -0.507 e. The maximum Gasteiger partial charge on any atom is 0.228 e. The molecule has 1 fully saturated rings. The molecule has 3 heterocycles. The number of aromatic hydroxyl groups is 1. The number of phenols is 1. The van der Waals surface area contributed by atoms with Gasteiger partial charge in [0.25, 0.3) is 0 Å². The second kappa shape index (κ2) is 9.86. The van der Waals surface area contributed by atoms with Gasteiger partial charge in [-0.3, -0.25) is 4.79 Å². The Bertz CT molecular complexity index is 1070. The van der Waals surface area contributed by atoms with Crippen molar-refractivity contribution in [2.24, 2.45) is 5.92 Å². The van der Waals surface area contributed by atoms with Crippen LogP contribution in [0, 0.1) is 5.92 Å². The number of ether oxygens (including phenoxy) is 1. The number of nitrogens with zero attached hydrogens (tertiary/aromatic N) is 4. The van der Waals surface area contributed by atoms with Gasteiger partial charge in [0, 0.05) is 37.5 Å². The molecule has 2 N–H and O–H groups in total. The van der Waals surface area contributed by atoms with Crippen LogP contribution in [0.4, 0.5) is 5.82 Å². The normalized spacial score (nSPS) is 16.0. The number of rotatable bonds is 8. The third-order valence-corrected chi connectivity index (χ3v) is 6.30. The van der Waals surface area contributed by atoms with Crippen molar-refractivity contribution in [3.63, 3.8) is 0 Å². The fraction of sp³-hybridized carbons (Fsp3) is 0.381. The Hall–Kier alpha value is -2.34. The molecule has 1 amide bonds. The van der Waals surface area contributed by atoms with Gasteiger partial charge in [-0.15, -0.1) is 0 Å². The Kier molecular flexibility index (Phi) is 6.96. The van der Waals surface area contributed by atoms with E-state index in [9.17, 15) is 9.90 Å². The highest BCUT2D eigenvalue weighted by atomic mass is 127. The number of benzene rings is 1. The summed E-state index contributed by atoms with van der Waals surface area (Å²) in [4.78, 5) is 19.2. The molecule has 0 radical (unpaired) electrons. The Balaban J connectivity index is 1.46. The molecule has 0 spiro atoms. The topological polar surface area (TPSA) is 92.0 Å². The van der Waals surface area contributed by atoms with Crippen LogP contribution in [0.3, 0.4) is 0 Å². The number of carbonyl (C=O) groups is 1. The second-order valence-corrected chi connectivity index (χ2v) is 8.35. The summed E-state index contributed by atoms with van der Waals surface area (Å²) in [6, 6.07) is 9.06. The molecule has 1 saturated heterocycles. The van der Waals surface area contributed by atoms with Gasteiger partial charge in [0.15, 0.2) is 5.65 Å². The summed E-state index contributed by atoms with van der Waals surface area (Å²) in [5.74, 6) is 1.17. The molecule has 0 bridgehead atoms. The summed E-state index contributed by atoms with van der Waals surface area (Å²) in [7, 11) is 1.96. The fourth-order valence-electron chi connectivity index (χ4n) is 3.73. The number of aromatic nitrogens is 3. The van der Waals surface area contributed by atoms with E-state index < -0.39 is 0 Å². The van der Waals surface area contributed by atoms with Gasteiger partial charge in [-0.2, -0.15) is 9.61 Å². The number of halogens is 1. The first-order valence-corrected chi connectivity index (χ1v) is 11.9. The average molecular weight is 533 g/mol. The van der Waals surface area contributed by atoms with E-state index in [1.54, 1.807) is 22.8 Å². The summed E-state index contributed by atoms with van der Waals surface area (Å²) in [6.07, 6.45) is 3.40. The van der Waals surface area contributed by atoms with Gasteiger partial charge in [0.2, 0.25) is 5.91 Å². The number of anilines is 1. The average Bonchev–Trinajstić information content (AvgIpc) is 3.44. The predicted molar refractivity (Wildman–Crippen MR) is 131 cm³/mol. The molecule has 1 aliphatic rings.